The lowest BCUT2D eigenvalue weighted by Gasteiger charge is -2.39. The molecule has 1 aromatic carbocycles. The van der Waals surface area contributed by atoms with Crippen molar-refractivity contribution in [1.82, 2.24) is 19.4 Å². The summed E-state index contributed by atoms with van der Waals surface area (Å²) in [7, 11) is 0. The lowest BCUT2D eigenvalue weighted by Crippen LogP contribution is -2.54. The molecule has 0 saturated carbocycles. The summed E-state index contributed by atoms with van der Waals surface area (Å²) in [6.07, 6.45) is 2.87. The Hall–Kier alpha value is -2.77. The summed E-state index contributed by atoms with van der Waals surface area (Å²) in [4.78, 5) is 40.7. The number of nitrogens with one attached hydrogen (secondary N) is 1. The Labute approximate surface area is 182 Å². The normalized spacial score (nSPS) is 23.4. The van der Waals surface area contributed by atoms with Crippen molar-refractivity contribution in [3.8, 4) is 0 Å². The Bertz CT molecular complexity index is 1050. The summed E-state index contributed by atoms with van der Waals surface area (Å²) < 4.78 is 8.46. The van der Waals surface area contributed by atoms with Gasteiger partial charge in [0.2, 0.25) is 0 Å². The molecule has 2 aliphatic heterocycles. The van der Waals surface area contributed by atoms with E-state index in [0.717, 1.165) is 18.4 Å². The topological polar surface area (TPSA) is 85.6 Å². The number of aromatic nitrogens is 2. The monoisotopic (exact) mass is 428 g/mol. The molecule has 31 heavy (non-hydrogen) atoms. The van der Waals surface area contributed by atoms with Crippen LogP contribution in [-0.4, -0.2) is 49.9 Å². The summed E-state index contributed by atoms with van der Waals surface area (Å²) in [5.41, 5.74) is 0.487. The predicted octanol–water partition coefficient (Wildman–Crippen LogP) is 3.87. The zero-order chi connectivity index (χ0) is 22.5. The number of para-hydroxylation sites is 2. The summed E-state index contributed by atoms with van der Waals surface area (Å²) in [5, 5.41) is 3.06. The minimum Gasteiger partial charge on any atom is -0.444 e. The molecule has 3 heterocycles. The second kappa shape index (κ2) is 7.73. The fourth-order valence-corrected chi connectivity index (χ4v) is 5.01. The molecule has 1 aromatic heterocycles. The fourth-order valence-electron chi connectivity index (χ4n) is 5.01. The van der Waals surface area contributed by atoms with E-state index in [0.29, 0.717) is 18.4 Å². The molecule has 3 atom stereocenters. The summed E-state index contributed by atoms with van der Waals surface area (Å²) in [5.74, 6) is 0. The quantitative estimate of drug-likeness (QED) is 0.787. The third-order valence-corrected chi connectivity index (χ3v) is 6.16. The van der Waals surface area contributed by atoms with Crippen molar-refractivity contribution >= 4 is 23.2 Å². The smallest absolute Gasteiger partial charge is 0.410 e. The number of hydrogen-bond donors (Lipinski definition) is 1. The third-order valence-electron chi connectivity index (χ3n) is 6.16. The molecule has 2 fully saturated rings. The minimum atomic E-state index is -0.534. The van der Waals surface area contributed by atoms with Crippen LogP contribution in [0.4, 0.5) is 9.59 Å². The molecular weight excluding hydrogens is 396 g/mol. The Morgan fingerprint density at radius 2 is 1.65 bits per heavy atom. The van der Waals surface area contributed by atoms with Crippen LogP contribution in [0.3, 0.4) is 0 Å². The van der Waals surface area contributed by atoms with Crippen molar-refractivity contribution in [2.45, 2.75) is 90.1 Å². The maximum absolute atomic E-state index is 13.2. The van der Waals surface area contributed by atoms with E-state index in [1.54, 1.807) is 10.6 Å². The zero-order valence-electron chi connectivity index (χ0n) is 18.9. The summed E-state index contributed by atoms with van der Waals surface area (Å²) in [6, 6.07) is 6.90. The summed E-state index contributed by atoms with van der Waals surface area (Å²) in [6.45, 7) is 9.46. The Morgan fingerprint density at radius 1 is 1.06 bits per heavy atom. The van der Waals surface area contributed by atoms with Gasteiger partial charge in [0.1, 0.15) is 5.60 Å². The first-order valence-electron chi connectivity index (χ1n) is 11.1. The van der Waals surface area contributed by atoms with Crippen LogP contribution in [0.5, 0.6) is 0 Å². The third kappa shape index (κ3) is 3.95. The second-order valence-corrected chi connectivity index (χ2v) is 9.96. The first-order chi connectivity index (χ1) is 14.6. The number of rotatable bonds is 2. The Kier molecular flexibility index (Phi) is 5.35. The van der Waals surface area contributed by atoms with E-state index in [4.69, 9.17) is 4.74 Å². The number of fused-ring (bicyclic) bond motifs is 3. The minimum absolute atomic E-state index is 0.0487. The standard InChI is InChI=1S/C23H32N4O4/c1-14(2)25-18-8-6-7-9-19(18)27(21(25)29)20(28)24-15-12-16-10-11-17(13-15)26(16)22(30)31-23(3,4)5/h6-9,14-17H,10-13H2,1-5H3,(H,24,28)/t15?,16-,17+. The molecule has 0 aliphatic carbocycles. The number of nitrogens with zero attached hydrogens (tertiary/aromatic N) is 3. The van der Waals surface area contributed by atoms with Gasteiger partial charge < -0.3 is 15.0 Å². The molecule has 0 spiro atoms. The highest BCUT2D eigenvalue weighted by Crippen LogP contribution is 2.37. The van der Waals surface area contributed by atoms with Crippen LogP contribution >= 0.6 is 0 Å². The van der Waals surface area contributed by atoms with Crippen LogP contribution in [0.1, 0.15) is 66.3 Å². The van der Waals surface area contributed by atoms with Crippen LogP contribution in [0.25, 0.3) is 11.0 Å². The van der Waals surface area contributed by atoms with Crippen molar-refractivity contribution in [1.29, 1.82) is 0 Å². The highest BCUT2D eigenvalue weighted by atomic mass is 16.6. The van der Waals surface area contributed by atoms with Crippen LogP contribution < -0.4 is 11.0 Å². The average Bonchev–Trinajstić information content (AvgIpc) is 3.10. The Balaban J connectivity index is 1.52. The number of carbonyl (C=O) groups excluding carboxylic acids is 2. The zero-order valence-corrected chi connectivity index (χ0v) is 18.9. The van der Waals surface area contributed by atoms with E-state index in [1.807, 2.05) is 57.7 Å². The van der Waals surface area contributed by atoms with E-state index < -0.39 is 11.6 Å². The van der Waals surface area contributed by atoms with Gasteiger partial charge in [-0.2, -0.15) is 0 Å². The van der Waals surface area contributed by atoms with Crippen molar-refractivity contribution in [3.05, 3.63) is 34.7 Å². The first kappa shape index (κ1) is 21.5. The largest absolute Gasteiger partial charge is 0.444 e. The van der Waals surface area contributed by atoms with Crippen molar-refractivity contribution < 1.29 is 14.3 Å². The molecule has 4 rings (SSSR count). The number of imidazole rings is 1. The molecule has 1 N–H and O–H groups in total. The number of hydrogen-bond acceptors (Lipinski definition) is 4. The SMILES string of the molecule is CC(C)n1c(=O)n(C(=O)NC2C[C@H]3CC[C@@H](C2)N3C(=O)OC(C)(C)C)c2ccccc21. The van der Waals surface area contributed by atoms with Gasteiger partial charge in [-0.25, -0.2) is 19.0 Å². The van der Waals surface area contributed by atoms with Crippen molar-refractivity contribution in [3.63, 3.8) is 0 Å². The van der Waals surface area contributed by atoms with E-state index in [2.05, 4.69) is 5.32 Å². The highest BCUT2D eigenvalue weighted by Gasteiger charge is 2.45. The number of benzene rings is 1. The maximum Gasteiger partial charge on any atom is 0.410 e. The van der Waals surface area contributed by atoms with Gasteiger partial charge in [0, 0.05) is 24.2 Å². The summed E-state index contributed by atoms with van der Waals surface area (Å²) >= 11 is 0. The lowest BCUT2D eigenvalue weighted by molar-refractivity contribution is 0.00527. The molecule has 2 amide bonds. The maximum atomic E-state index is 13.2. The highest BCUT2D eigenvalue weighted by molar-refractivity contribution is 5.89. The van der Waals surface area contributed by atoms with E-state index in [9.17, 15) is 14.4 Å². The van der Waals surface area contributed by atoms with Gasteiger partial charge in [0.15, 0.2) is 0 Å². The molecule has 8 heteroatoms. The molecule has 2 aromatic rings. The van der Waals surface area contributed by atoms with Gasteiger partial charge in [0.25, 0.3) is 0 Å². The van der Waals surface area contributed by atoms with Gasteiger partial charge in [0.05, 0.1) is 11.0 Å². The molecule has 8 nitrogen and oxygen atoms in total. The molecule has 0 radical (unpaired) electrons. The number of ether oxygens (including phenoxy) is 1. The second-order valence-electron chi connectivity index (χ2n) is 9.96. The Morgan fingerprint density at radius 3 is 2.19 bits per heavy atom. The molecule has 2 saturated heterocycles. The van der Waals surface area contributed by atoms with Crippen molar-refractivity contribution in [2.75, 3.05) is 0 Å². The van der Waals surface area contributed by atoms with Gasteiger partial charge in [-0.05, 0) is 72.4 Å². The van der Waals surface area contributed by atoms with Gasteiger partial charge in [-0.1, -0.05) is 12.1 Å². The molecule has 1 unspecified atom stereocenters. The van der Waals surface area contributed by atoms with Gasteiger partial charge in [-0.3, -0.25) is 4.57 Å². The van der Waals surface area contributed by atoms with E-state index in [-0.39, 0.29) is 36.0 Å². The molecular formula is C23H32N4O4. The van der Waals surface area contributed by atoms with Crippen molar-refractivity contribution in [2.24, 2.45) is 0 Å². The van der Waals surface area contributed by atoms with E-state index >= 15 is 0 Å². The lowest BCUT2D eigenvalue weighted by atomic mass is 9.98. The van der Waals surface area contributed by atoms with Gasteiger partial charge >= 0.3 is 17.8 Å². The predicted molar refractivity (Wildman–Crippen MR) is 118 cm³/mol. The average molecular weight is 429 g/mol. The van der Waals surface area contributed by atoms with Crippen LogP contribution in [0.2, 0.25) is 0 Å². The molecule has 168 valence electrons. The molecule has 2 aliphatic rings. The van der Waals surface area contributed by atoms with Crippen LogP contribution in [-0.2, 0) is 4.74 Å². The van der Waals surface area contributed by atoms with Crippen LogP contribution in [0, 0.1) is 0 Å². The fraction of sp³-hybridized carbons (Fsp3) is 0.609. The number of piperidine rings is 1. The number of carbonyl (C=O) groups is 2. The first-order valence-corrected chi connectivity index (χ1v) is 11.1. The van der Waals surface area contributed by atoms with Gasteiger partial charge in [-0.15, -0.1) is 0 Å². The van der Waals surface area contributed by atoms with Crippen LogP contribution in [0.15, 0.2) is 29.1 Å². The van der Waals surface area contributed by atoms with E-state index in [1.165, 1.54) is 4.57 Å². The number of amides is 2. The molecule has 2 bridgehead atoms.